The van der Waals surface area contributed by atoms with Crippen molar-refractivity contribution in [2.24, 2.45) is 0 Å². The number of benzene rings is 1. The number of aliphatic hydroxyl groups is 1. The first-order valence-electron chi connectivity index (χ1n) is 4.59. The zero-order chi connectivity index (χ0) is 13.9. The maximum absolute atomic E-state index is 11.9. The van der Waals surface area contributed by atoms with Gasteiger partial charge in [-0.15, -0.1) is 0 Å². The highest BCUT2D eigenvalue weighted by molar-refractivity contribution is 9.11. The van der Waals surface area contributed by atoms with Gasteiger partial charge in [-0.2, -0.15) is 4.72 Å². The van der Waals surface area contributed by atoms with Crippen molar-refractivity contribution in [3.8, 4) is 0 Å². The van der Waals surface area contributed by atoms with E-state index in [1.807, 2.05) is 4.72 Å². The number of halogens is 2. The van der Waals surface area contributed by atoms with E-state index in [1.54, 1.807) is 0 Å². The lowest BCUT2D eigenvalue weighted by Crippen LogP contribution is -2.43. The Morgan fingerprint density at radius 1 is 1.39 bits per heavy atom. The fourth-order valence-electron chi connectivity index (χ4n) is 1.11. The average Bonchev–Trinajstić information content (AvgIpc) is 2.24. The van der Waals surface area contributed by atoms with Crippen molar-refractivity contribution in [2.45, 2.75) is 10.9 Å². The molecule has 9 heteroatoms. The van der Waals surface area contributed by atoms with Crippen LogP contribution >= 0.6 is 31.9 Å². The first-order valence-corrected chi connectivity index (χ1v) is 7.66. The predicted molar refractivity (Wildman–Crippen MR) is 70.7 cm³/mol. The van der Waals surface area contributed by atoms with Crippen molar-refractivity contribution in [3.63, 3.8) is 0 Å². The monoisotopic (exact) mass is 401 g/mol. The Morgan fingerprint density at radius 2 is 2.00 bits per heavy atom. The standard InChI is InChI=1S/C9H9Br2NO5S/c10-5-1-2-8(6(11)3-5)18(16,17)12-7(4-13)9(14)15/h1-3,7,12-13H,4H2,(H,14,15). The molecule has 1 unspecified atom stereocenters. The third kappa shape index (κ3) is 3.75. The second kappa shape index (κ2) is 6.11. The molecule has 6 nitrogen and oxygen atoms in total. The first-order chi connectivity index (χ1) is 8.27. The molecule has 0 bridgehead atoms. The number of carboxylic acids is 1. The lowest BCUT2D eigenvalue weighted by molar-refractivity contribution is -0.139. The molecule has 0 fully saturated rings. The van der Waals surface area contributed by atoms with Crippen LogP contribution in [0.1, 0.15) is 0 Å². The topological polar surface area (TPSA) is 104 Å². The van der Waals surface area contributed by atoms with Gasteiger partial charge in [-0.3, -0.25) is 4.79 Å². The molecule has 0 saturated carbocycles. The quantitative estimate of drug-likeness (QED) is 0.679. The molecule has 0 spiro atoms. The molecule has 100 valence electrons. The summed E-state index contributed by atoms with van der Waals surface area (Å²) in [4.78, 5) is 10.6. The number of carbonyl (C=O) groups is 1. The summed E-state index contributed by atoms with van der Waals surface area (Å²) < 4.78 is 26.7. The van der Waals surface area contributed by atoms with E-state index in [-0.39, 0.29) is 9.37 Å². The lowest BCUT2D eigenvalue weighted by atomic mass is 10.3. The van der Waals surface area contributed by atoms with Crippen molar-refractivity contribution in [2.75, 3.05) is 6.61 Å². The average molecular weight is 403 g/mol. The highest BCUT2D eigenvalue weighted by atomic mass is 79.9. The summed E-state index contributed by atoms with van der Waals surface area (Å²) in [7, 11) is -4.02. The van der Waals surface area contributed by atoms with Crippen molar-refractivity contribution in [3.05, 3.63) is 27.1 Å². The minimum atomic E-state index is -4.02. The number of nitrogens with one attached hydrogen (secondary N) is 1. The van der Waals surface area contributed by atoms with E-state index >= 15 is 0 Å². The molecule has 0 radical (unpaired) electrons. The van der Waals surface area contributed by atoms with Crippen LogP contribution < -0.4 is 4.72 Å². The van der Waals surface area contributed by atoms with E-state index in [2.05, 4.69) is 31.9 Å². The first kappa shape index (κ1) is 15.6. The van der Waals surface area contributed by atoms with Crippen molar-refractivity contribution < 1.29 is 23.4 Å². The van der Waals surface area contributed by atoms with Gasteiger partial charge in [-0.05, 0) is 34.1 Å². The lowest BCUT2D eigenvalue weighted by Gasteiger charge is -2.13. The minimum absolute atomic E-state index is 0.106. The summed E-state index contributed by atoms with van der Waals surface area (Å²) in [5, 5.41) is 17.5. The van der Waals surface area contributed by atoms with Crippen LogP contribution in [0.25, 0.3) is 0 Å². The number of aliphatic hydroxyl groups excluding tert-OH is 1. The maximum Gasteiger partial charge on any atom is 0.324 e. The number of rotatable bonds is 5. The Morgan fingerprint density at radius 3 is 2.44 bits per heavy atom. The molecule has 3 N–H and O–H groups in total. The Kier molecular flexibility index (Phi) is 5.29. The van der Waals surface area contributed by atoms with Crippen molar-refractivity contribution in [1.82, 2.24) is 4.72 Å². The zero-order valence-corrected chi connectivity index (χ0v) is 12.8. The van der Waals surface area contributed by atoms with Gasteiger partial charge in [0.25, 0.3) is 0 Å². The third-order valence-corrected chi connectivity index (χ3v) is 4.90. The summed E-state index contributed by atoms with van der Waals surface area (Å²) in [5.74, 6) is -1.45. The van der Waals surface area contributed by atoms with E-state index in [1.165, 1.54) is 18.2 Å². The number of carboxylic acid groups (broad SMARTS) is 1. The predicted octanol–water partition coefficient (Wildman–Crippen LogP) is 0.935. The molecule has 0 saturated heterocycles. The minimum Gasteiger partial charge on any atom is -0.480 e. The third-order valence-electron chi connectivity index (χ3n) is 1.96. The fourth-order valence-corrected chi connectivity index (χ4v) is 4.04. The zero-order valence-electron chi connectivity index (χ0n) is 8.80. The van der Waals surface area contributed by atoms with Crippen LogP contribution in [-0.2, 0) is 14.8 Å². The van der Waals surface area contributed by atoms with Gasteiger partial charge < -0.3 is 10.2 Å². The maximum atomic E-state index is 11.9. The summed E-state index contributed by atoms with van der Waals surface area (Å²) in [6.45, 7) is -0.831. The van der Waals surface area contributed by atoms with Crippen LogP contribution in [-0.4, -0.2) is 37.2 Å². The number of aliphatic carboxylic acids is 1. The van der Waals surface area contributed by atoms with Gasteiger partial charge in [0.05, 0.1) is 11.5 Å². The van der Waals surface area contributed by atoms with E-state index in [4.69, 9.17) is 10.2 Å². The van der Waals surface area contributed by atoms with Crippen LogP contribution in [0.3, 0.4) is 0 Å². The van der Waals surface area contributed by atoms with E-state index < -0.39 is 28.6 Å². The van der Waals surface area contributed by atoms with Gasteiger partial charge in [-0.25, -0.2) is 8.42 Å². The Labute approximate surface area is 120 Å². The molecule has 0 aliphatic carbocycles. The Hall–Kier alpha value is -0.480. The van der Waals surface area contributed by atoms with Crippen LogP contribution in [0.4, 0.5) is 0 Å². The number of hydrogen-bond donors (Lipinski definition) is 3. The van der Waals surface area contributed by atoms with Gasteiger partial charge in [0.1, 0.15) is 6.04 Å². The van der Waals surface area contributed by atoms with Crippen LogP contribution in [0, 0.1) is 0 Å². The fraction of sp³-hybridized carbons (Fsp3) is 0.222. The number of sulfonamides is 1. The summed E-state index contributed by atoms with van der Waals surface area (Å²) in [6.07, 6.45) is 0. The summed E-state index contributed by atoms with van der Waals surface area (Å²) in [6, 6.07) is 2.76. The van der Waals surface area contributed by atoms with E-state index in [0.29, 0.717) is 4.47 Å². The molecular weight excluding hydrogens is 394 g/mol. The van der Waals surface area contributed by atoms with Gasteiger partial charge in [0.15, 0.2) is 0 Å². The molecule has 1 aromatic rings. The molecule has 18 heavy (non-hydrogen) atoms. The van der Waals surface area contributed by atoms with E-state index in [0.717, 1.165) is 0 Å². The van der Waals surface area contributed by atoms with Crippen LogP contribution in [0.15, 0.2) is 32.0 Å². The van der Waals surface area contributed by atoms with Crippen molar-refractivity contribution in [1.29, 1.82) is 0 Å². The van der Waals surface area contributed by atoms with Gasteiger partial charge in [-0.1, -0.05) is 15.9 Å². The smallest absolute Gasteiger partial charge is 0.324 e. The molecule has 1 aromatic carbocycles. The van der Waals surface area contributed by atoms with Crippen LogP contribution in [0.5, 0.6) is 0 Å². The Balaban J connectivity index is 3.10. The molecule has 1 rings (SSSR count). The molecule has 0 heterocycles. The SMILES string of the molecule is O=C(O)C(CO)NS(=O)(=O)c1ccc(Br)cc1Br. The summed E-state index contributed by atoms with van der Waals surface area (Å²) in [5.41, 5.74) is 0. The molecule has 0 aliphatic rings. The highest BCUT2D eigenvalue weighted by Crippen LogP contribution is 2.25. The summed E-state index contributed by atoms with van der Waals surface area (Å²) >= 11 is 6.24. The second-order valence-electron chi connectivity index (χ2n) is 3.27. The van der Waals surface area contributed by atoms with E-state index in [9.17, 15) is 13.2 Å². The molecule has 1 atom stereocenters. The largest absolute Gasteiger partial charge is 0.480 e. The van der Waals surface area contributed by atoms with Gasteiger partial charge >= 0.3 is 5.97 Å². The van der Waals surface area contributed by atoms with Crippen molar-refractivity contribution >= 4 is 47.9 Å². The number of hydrogen-bond acceptors (Lipinski definition) is 4. The molecular formula is C9H9Br2NO5S. The normalized spacial score (nSPS) is 13.3. The van der Waals surface area contributed by atoms with Gasteiger partial charge in [0.2, 0.25) is 10.0 Å². The molecule has 0 aliphatic heterocycles. The Bertz CT molecular complexity index is 560. The van der Waals surface area contributed by atoms with Crippen LogP contribution in [0.2, 0.25) is 0 Å². The highest BCUT2D eigenvalue weighted by Gasteiger charge is 2.26. The molecule has 0 aromatic heterocycles. The molecule has 0 amide bonds. The second-order valence-corrected chi connectivity index (χ2v) is 6.72. The van der Waals surface area contributed by atoms with Gasteiger partial charge in [0, 0.05) is 8.95 Å².